The zero-order chi connectivity index (χ0) is 12.2. The molecule has 1 rings (SSSR count). The number of rotatable bonds is 6. The molecule has 0 saturated carbocycles. The minimum atomic E-state index is -0.745. The summed E-state index contributed by atoms with van der Waals surface area (Å²) >= 11 is 5.10. The molecule has 0 spiro atoms. The average molecular weight is 306 g/mol. The topological polar surface area (TPSA) is 49.3 Å². The van der Waals surface area contributed by atoms with Gasteiger partial charge in [0.25, 0.3) is 0 Å². The Morgan fingerprint density at radius 1 is 1.56 bits per heavy atom. The lowest BCUT2D eigenvalue weighted by molar-refractivity contribution is -0.139. The van der Waals surface area contributed by atoms with Crippen molar-refractivity contribution in [2.75, 3.05) is 6.54 Å². The van der Waals surface area contributed by atoms with Crippen molar-refractivity contribution < 1.29 is 9.90 Å². The van der Waals surface area contributed by atoms with E-state index in [1.165, 1.54) is 4.88 Å². The summed E-state index contributed by atoms with van der Waals surface area (Å²) in [7, 11) is 0. The Morgan fingerprint density at radius 3 is 2.75 bits per heavy atom. The van der Waals surface area contributed by atoms with E-state index in [1.54, 1.807) is 11.3 Å². The van der Waals surface area contributed by atoms with E-state index in [2.05, 4.69) is 27.3 Å². The van der Waals surface area contributed by atoms with E-state index in [1.807, 2.05) is 19.9 Å². The lowest BCUT2D eigenvalue weighted by Gasteiger charge is -2.22. The molecule has 90 valence electrons. The highest BCUT2D eigenvalue weighted by molar-refractivity contribution is 9.11. The number of aliphatic carboxylic acids is 1. The minimum absolute atomic E-state index is 0.189. The fourth-order valence-electron chi connectivity index (χ4n) is 1.44. The van der Waals surface area contributed by atoms with Crippen molar-refractivity contribution in [3.05, 3.63) is 20.8 Å². The normalized spacial score (nSPS) is 11.7. The van der Waals surface area contributed by atoms with Gasteiger partial charge in [-0.05, 0) is 33.5 Å². The highest BCUT2D eigenvalue weighted by atomic mass is 79.9. The molecule has 3 nitrogen and oxygen atoms in total. The first kappa shape index (κ1) is 13.7. The number of carboxylic acids is 1. The van der Waals surface area contributed by atoms with Gasteiger partial charge in [-0.25, -0.2) is 0 Å². The highest BCUT2D eigenvalue weighted by Crippen LogP contribution is 2.23. The molecule has 1 heterocycles. The van der Waals surface area contributed by atoms with Gasteiger partial charge in [0.1, 0.15) is 0 Å². The molecule has 1 aromatic rings. The van der Waals surface area contributed by atoms with Crippen LogP contribution >= 0.6 is 27.3 Å². The maximum absolute atomic E-state index is 10.6. The van der Waals surface area contributed by atoms with Crippen molar-refractivity contribution in [2.45, 2.75) is 26.8 Å². The van der Waals surface area contributed by atoms with Crippen molar-refractivity contribution in [1.29, 1.82) is 0 Å². The second-order valence-corrected chi connectivity index (χ2v) is 7.09. The Hall–Kier alpha value is -0.390. The number of halogens is 1. The largest absolute Gasteiger partial charge is 0.481 e. The van der Waals surface area contributed by atoms with E-state index in [0.717, 1.165) is 10.3 Å². The monoisotopic (exact) mass is 305 g/mol. The Kier molecular flexibility index (Phi) is 4.95. The summed E-state index contributed by atoms with van der Waals surface area (Å²) in [5, 5.41) is 12.0. The minimum Gasteiger partial charge on any atom is -0.481 e. The van der Waals surface area contributed by atoms with E-state index < -0.39 is 5.97 Å². The van der Waals surface area contributed by atoms with Crippen LogP contribution in [0.2, 0.25) is 0 Å². The lowest BCUT2D eigenvalue weighted by Crippen LogP contribution is -2.30. The molecule has 16 heavy (non-hydrogen) atoms. The molecule has 5 heteroatoms. The van der Waals surface area contributed by atoms with Crippen LogP contribution in [0, 0.1) is 5.41 Å². The second kappa shape index (κ2) is 5.80. The molecule has 0 amide bonds. The zero-order valence-corrected chi connectivity index (χ0v) is 11.8. The van der Waals surface area contributed by atoms with Crippen molar-refractivity contribution in [1.82, 2.24) is 5.32 Å². The van der Waals surface area contributed by atoms with Crippen LogP contribution in [0.15, 0.2) is 15.9 Å². The van der Waals surface area contributed by atoms with Crippen LogP contribution in [0.1, 0.15) is 25.1 Å². The molecule has 0 radical (unpaired) electrons. The van der Waals surface area contributed by atoms with Gasteiger partial charge in [-0.15, -0.1) is 11.3 Å². The fraction of sp³-hybridized carbons (Fsp3) is 0.545. The van der Waals surface area contributed by atoms with Gasteiger partial charge in [0.15, 0.2) is 0 Å². The zero-order valence-electron chi connectivity index (χ0n) is 9.42. The number of hydrogen-bond acceptors (Lipinski definition) is 3. The van der Waals surface area contributed by atoms with Gasteiger partial charge in [-0.3, -0.25) is 4.79 Å². The summed E-state index contributed by atoms with van der Waals surface area (Å²) in [6.45, 7) is 5.41. The first-order valence-electron chi connectivity index (χ1n) is 5.06. The molecule has 0 aliphatic heterocycles. The van der Waals surface area contributed by atoms with Crippen molar-refractivity contribution >= 4 is 33.2 Å². The molecule has 0 aliphatic rings. The Balaban J connectivity index is 2.32. The van der Waals surface area contributed by atoms with Gasteiger partial charge in [0.2, 0.25) is 0 Å². The smallest absolute Gasteiger partial charge is 0.303 e. The summed E-state index contributed by atoms with van der Waals surface area (Å²) in [6, 6.07) is 4.08. The molecule has 2 N–H and O–H groups in total. The Bertz CT molecular complexity index is 363. The SMILES string of the molecule is CC(C)(CNCc1ccc(Br)s1)CC(=O)O. The van der Waals surface area contributed by atoms with Gasteiger partial charge in [0.05, 0.1) is 10.2 Å². The third-order valence-electron chi connectivity index (χ3n) is 2.16. The van der Waals surface area contributed by atoms with Crippen LogP contribution in [0.3, 0.4) is 0 Å². The maximum atomic E-state index is 10.6. The molecule has 0 fully saturated rings. The summed E-state index contributed by atoms with van der Waals surface area (Å²) < 4.78 is 1.12. The summed E-state index contributed by atoms with van der Waals surface area (Å²) in [5.41, 5.74) is -0.208. The molecular weight excluding hydrogens is 290 g/mol. The number of hydrogen-bond donors (Lipinski definition) is 2. The van der Waals surface area contributed by atoms with Crippen LogP contribution in [-0.2, 0) is 11.3 Å². The lowest BCUT2D eigenvalue weighted by atomic mass is 9.89. The van der Waals surface area contributed by atoms with Crippen LogP contribution in [-0.4, -0.2) is 17.6 Å². The van der Waals surface area contributed by atoms with E-state index in [4.69, 9.17) is 5.11 Å². The van der Waals surface area contributed by atoms with Crippen molar-refractivity contribution in [2.24, 2.45) is 5.41 Å². The van der Waals surface area contributed by atoms with E-state index >= 15 is 0 Å². The van der Waals surface area contributed by atoms with Crippen LogP contribution in [0.4, 0.5) is 0 Å². The summed E-state index contributed by atoms with van der Waals surface area (Å²) in [6.07, 6.45) is 0.189. The van der Waals surface area contributed by atoms with E-state index in [-0.39, 0.29) is 11.8 Å². The van der Waals surface area contributed by atoms with Crippen molar-refractivity contribution in [3.8, 4) is 0 Å². The van der Waals surface area contributed by atoms with Gasteiger partial charge < -0.3 is 10.4 Å². The number of carboxylic acid groups (broad SMARTS) is 1. The molecular formula is C11H16BrNO2S. The highest BCUT2D eigenvalue weighted by Gasteiger charge is 2.21. The summed E-state index contributed by atoms with van der Waals surface area (Å²) in [5.74, 6) is -0.745. The third kappa shape index (κ3) is 5.09. The van der Waals surface area contributed by atoms with Crippen LogP contribution < -0.4 is 5.32 Å². The molecule has 1 aromatic heterocycles. The Morgan fingerprint density at radius 2 is 2.25 bits per heavy atom. The van der Waals surface area contributed by atoms with Gasteiger partial charge in [-0.1, -0.05) is 13.8 Å². The van der Waals surface area contributed by atoms with Gasteiger partial charge in [0, 0.05) is 18.0 Å². The Labute approximate surface area is 108 Å². The van der Waals surface area contributed by atoms with Crippen LogP contribution in [0.5, 0.6) is 0 Å². The number of thiophene rings is 1. The van der Waals surface area contributed by atoms with Gasteiger partial charge in [-0.2, -0.15) is 0 Å². The molecule has 0 aromatic carbocycles. The van der Waals surface area contributed by atoms with Crippen LogP contribution in [0.25, 0.3) is 0 Å². The predicted octanol–water partition coefficient (Wildman–Crippen LogP) is 3.10. The summed E-state index contributed by atoms with van der Waals surface area (Å²) in [4.78, 5) is 11.9. The first-order chi connectivity index (χ1) is 7.39. The molecule has 0 saturated heterocycles. The van der Waals surface area contributed by atoms with Crippen molar-refractivity contribution in [3.63, 3.8) is 0 Å². The predicted molar refractivity (Wildman–Crippen MR) is 69.8 cm³/mol. The maximum Gasteiger partial charge on any atom is 0.303 e. The van der Waals surface area contributed by atoms with Gasteiger partial charge >= 0.3 is 5.97 Å². The standard InChI is InChI=1S/C11H16BrNO2S/c1-11(2,5-10(14)15)7-13-6-8-3-4-9(12)16-8/h3-4,13H,5-7H2,1-2H3,(H,14,15). The third-order valence-corrected chi connectivity index (χ3v) is 3.79. The number of carbonyl (C=O) groups is 1. The van der Waals surface area contributed by atoms with E-state index in [9.17, 15) is 4.79 Å². The second-order valence-electron chi connectivity index (χ2n) is 4.54. The van der Waals surface area contributed by atoms with E-state index in [0.29, 0.717) is 6.54 Å². The fourth-order valence-corrected chi connectivity index (χ4v) is 2.90. The quantitative estimate of drug-likeness (QED) is 0.849. The number of nitrogens with one attached hydrogen (secondary N) is 1. The molecule has 0 aliphatic carbocycles. The molecule has 0 atom stereocenters. The molecule has 0 bridgehead atoms. The molecule has 0 unspecified atom stereocenters. The average Bonchev–Trinajstić information content (AvgIpc) is 2.48. The first-order valence-corrected chi connectivity index (χ1v) is 6.67.